The Hall–Kier alpha value is -2.53. The Morgan fingerprint density at radius 3 is 2.67 bits per heavy atom. The highest BCUT2D eigenvalue weighted by Crippen LogP contribution is 2.32. The van der Waals surface area contributed by atoms with Crippen molar-refractivity contribution in [3.63, 3.8) is 0 Å². The zero-order chi connectivity index (χ0) is 21.3. The third-order valence-electron chi connectivity index (χ3n) is 6.36. The summed E-state index contributed by atoms with van der Waals surface area (Å²) in [4.78, 5) is 19.9. The van der Waals surface area contributed by atoms with Crippen molar-refractivity contribution >= 4 is 17.3 Å². The van der Waals surface area contributed by atoms with Crippen molar-refractivity contribution in [1.82, 2.24) is 4.90 Å². The molecule has 2 aliphatic rings. The second-order valence-electron chi connectivity index (χ2n) is 8.70. The van der Waals surface area contributed by atoms with Gasteiger partial charge in [-0.1, -0.05) is 6.92 Å². The predicted octanol–water partition coefficient (Wildman–Crippen LogP) is 4.13. The van der Waals surface area contributed by atoms with E-state index in [-0.39, 0.29) is 5.91 Å². The molecule has 4 rings (SSSR count). The molecule has 5 heteroatoms. The summed E-state index contributed by atoms with van der Waals surface area (Å²) in [5.74, 6) is 0.946. The lowest BCUT2D eigenvalue weighted by Crippen LogP contribution is -2.38. The van der Waals surface area contributed by atoms with Crippen LogP contribution in [0.3, 0.4) is 0 Å². The number of fused-ring (bicyclic) bond motifs is 1. The van der Waals surface area contributed by atoms with Gasteiger partial charge in [-0.3, -0.25) is 4.79 Å². The summed E-state index contributed by atoms with van der Waals surface area (Å²) in [7, 11) is 4.31. The fraction of sp³-hybridized carbons (Fsp3) is 0.480. The first-order valence-corrected chi connectivity index (χ1v) is 11.1. The van der Waals surface area contributed by atoms with E-state index in [0.29, 0.717) is 19.2 Å². The number of rotatable bonds is 6. The number of nitrogens with zero attached hydrogens (tertiary/aromatic N) is 3. The number of benzene rings is 2. The SMILES string of the molecule is CCCOc1ccc2c(c1)CCN(c1ccc(N3CCC(N(C)C)C3)cc1C)C2=O. The lowest BCUT2D eigenvalue weighted by Gasteiger charge is -2.31. The first-order valence-electron chi connectivity index (χ1n) is 11.1. The maximum atomic E-state index is 13.2. The van der Waals surface area contributed by atoms with Crippen molar-refractivity contribution in [2.24, 2.45) is 0 Å². The third kappa shape index (κ3) is 4.04. The highest BCUT2D eigenvalue weighted by molar-refractivity contribution is 6.08. The summed E-state index contributed by atoms with van der Waals surface area (Å²) in [5, 5.41) is 0. The fourth-order valence-electron chi connectivity index (χ4n) is 4.54. The van der Waals surface area contributed by atoms with E-state index < -0.39 is 0 Å². The maximum absolute atomic E-state index is 13.2. The van der Waals surface area contributed by atoms with E-state index in [0.717, 1.165) is 54.1 Å². The van der Waals surface area contributed by atoms with Gasteiger partial charge < -0.3 is 19.4 Å². The van der Waals surface area contributed by atoms with Crippen molar-refractivity contribution in [2.75, 3.05) is 50.1 Å². The average molecular weight is 408 g/mol. The second-order valence-corrected chi connectivity index (χ2v) is 8.70. The van der Waals surface area contributed by atoms with Gasteiger partial charge in [-0.15, -0.1) is 0 Å². The molecule has 2 aliphatic heterocycles. The molecule has 1 fully saturated rings. The van der Waals surface area contributed by atoms with Gasteiger partial charge in [-0.05, 0) is 87.8 Å². The minimum Gasteiger partial charge on any atom is -0.494 e. The highest BCUT2D eigenvalue weighted by atomic mass is 16.5. The van der Waals surface area contributed by atoms with Crippen molar-refractivity contribution in [3.05, 3.63) is 53.1 Å². The zero-order valence-corrected chi connectivity index (χ0v) is 18.6. The fourth-order valence-corrected chi connectivity index (χ4v) is 4.54. The first-order chi connectivity index (χ1) is 14.5. The Morgan fingerprint density at radius 1 is 1.13 bits per heavy atom. The molecule has 0 N–H and O–H groups in total. The quantitative estimate of drug-likeness (QED) is 0.722. The smallest absolute Gasteiger partial charge is 0.258 e. The molecular formula is C25H33N3O2. The number of hydrogen-bond acceptors (Lipinski definition) is 4. The van der Waals surface area contributed by atoms with E-state index in [9.17, 15) is 4.79 Å². The van der Waals surface area contributed by atoms with E-state index in [1.807, 2.05) is 23.1 Å². The van der Waals surface area contributed by atoms with Crippen LogP contribution in [0.4, 0.5) is 11.4 Å². The molecule has 5 nitrogen and oxygen atoms in total. The van der Waals surface area contributed by atoms with Gasteiger partial charge in [0.1, 0.15) is 5.75 Å². The van der Waals surface area contributed by atoms with Gasteiger partial charge in [-0.25, -0.2) is 0 Å². The van der Waals surface area contributed by atoms with Crippen molar-refractivity contribution < 1.29 is 9.53 Å². The largest absolute Gasteiger partial charge is 0.494 e. The standard InChI is InChI=1S/C25H33N3O2/c1-5-14-30-22-7-8-23-19(16-22)10-13-28(25(23)29)24-9-6-20(15-18(24)2)27-12-11-21(17-27)26(3)4/h6-9,15-16,21H,5,10-14,17H2,1-4H3. The van der Waals surface area contributed by atoms with Crippen molar-refractivity contribution in [1.29, 1.82) is 0 Å². The lowest BCUT2D eigenvalue weighted by molar-refractivity contribution is 0.0980. The molecule has 2 aromatic carbocycles. The Morgan fingerprint density at radius 2 is 1.97 bits per heavy atom. The molecule has 2 heterocycles. The van der Waals surface area contributed by atoms with E-state index in [2.05, 4.69) is 55.9 Å². The number of amides is 1. The first kappa shape index (κ1) is 20.7. The van der Waals surface area contributed by atoms with Gasteiger partial charge in [-0.2, -0.15) is 0 Å². The molecule has 0 saturated carbocycles. The van der Waals surface area contributed by atoms with Crippen LogP contribution in [0, 0.1) is 6.92 Å². The van der Waals surface area contributed by atoms with Gasteiger partial charge in [0.2, 0.25) is 0 Å². The van der Waals surface area contributed by atoms with Crippen LogP contribution in [0.25, 0.3) is 0 Å². The molecule has 2 aromatic rings. The molecule has 1 unspecified atom stereocenters. The molecule has 0 aliphatic carbocycles. The van der Waals surface area contributed by atoms with Gasteiger partial charge in [0.25, 0.3) is 5.91 Å². The van der Waals surface area contributed by atoms with Crippen molar-refractivity contribution in [2.45, 2.75) is 39.2 Å². The molecule has 0 radical (unpaired) electrons. The number of hydrogen-bond donors (Lipinski definition) is 0. The predicted molar refractivity (Wildman–Crippen MR) is 123 cm³/mol. The summed E-state index contributed by atoms with van der Waals surface area (Å²) in [6, 6.07) is 13.0. The molecular weight excluding hydrogens is 374 g/mol. The number of aryl methyl sites for hydroxylation is 1. The maximum Gasteiger partial charge on any atom is 0.258 e. The second kappa shape index (κ2) is 8.68. The molecule has 160 valence electrons. The van der Waals surface area contributed by atoms with Gasteiger partial charge >= 0.3 is 0 Å². The molecule has 1 atom stereocenters. The Kier molecular flexibility index (Phi) is 6.00. The minimum atomic E-state index is 0.0861. The normalized spacial score (nSPS) is 18.8. The van der Waals surface area contributed by atoms with E-state index in [1.165, 1.54) is 12.1 Å². The topological polar surface area (TPSA) is 36.0 Å². The number of ether oxygens (including phenoxy) is 1. The Labute approximate surface area is 180 Å². The monoisotopic (exact) mass is 407 g/mol. The molecule has 0 spiro atoms. The summed E-state index contributed by atoms with van der Waals surface area (Å²) in [6.07, 6.45) is 3.02. The summed E-state index contributed by atoms with van der Waals surface area (Å²) >= 11 is 0. The number of carbonyl (C=O) groups is 1. The average Bonchev–Trinajstić information content (AvgIpc) is 3.23. The van der Waals surface area contributed by atoms with Crippen LogP contribution in [-0.4, -0.2) is 57.2 Å². The van der Waals surface area contributed by atoms with Crippen LogP contribution in [0.2, 0.25) is 0 Å². The number of likely N-dealkylation sites (N-methyl/N-ethyl adjacent to an activating group) is 1. The molecule has 30 heavy (non-hydrogen) atoms. The van der Waals surface area contributed by atoms with Crippen LogP contribution in [0.5, 0.6) is 5.75 Å². The van der Waals surface area contributed by atoms with Crippen LogP contribution < -0.4 is 14.5 Å². The summed E-state index contributed by atoms with van der Waals surface area (Å²) in [5.41, 5.74) is 5.31. The highest BCUT2D eigenvalue weighted by Gasteiger charge is 2.28. The lowest BCUT2D eigenvalue weighted by atomic mass is 9.97. The van der Waals surface area contributed by atoms with Crippen LogP contribution in [0.1, 0.15) is 41.3 Å². The van der Waals surface area contributed by atoms with Gasteiger partial charge in [0, 0.05) is 42.6 Å². The molecule has 1 saturated heterocycles. The molecule has 0 aromatic heterocycles. The number of anilines is 2. The van der Waals surface area contributed by atoms with E-state index >= 15 is 0 Å². The summed E-state index contributed by atoms with van der Waals surface area (Å²) in [6.45, 7) is 7.76. The van der Waals surface area contributed by atoms with Crippen LogP contribution in [-0.2, 0) is 6.42 Å². The van der Waals surface area contributed by atoms with E-state index in [4.69, 9.17) is 4.74 Å². The summed E-state index contributed by atoms with van der Waals surface area (Å²) < 4.78 is 5.74. The number of carbonyl (C=O) groups excluding carboxylic acids is 1. The van der Waals surface area contributed by atoms with E-state index in [1.54, 1.807) is 0 Å². The minimum absolute atomic E-state index is 0.0861. The molecule has 1 amide bonds. The van der Waals surface area contributed by atoms with Crippen molar-refractivity contribution in [3.8, 4) is 5.75 Å². The van der Waals surface area contributed by atoms with Crippen LogP contribution >= 0.6 is 0 Å². The van der Waals surface area contributed by atoms with Crippen LogP contribution in [0.15, 0.2) is 36.4 Å². The Bertz CT molecular complexity index is 925. The Balaban J connectivity index is 1.52. The van der Waals surface area contributed by atoms with Gasteiger partial charge in [0.15, 0.2) is 0 Å². The zero-order valence-electron chi connectivity index (χ0n) is 18.6. The molecule has 0 bridgehead atoms. The third-order valence-corrected chi connectivity index (χ3v) is 6.36. The van der Waals surface area contributed by atoms with Gasteiger partial charge in [0.05, 0.1) is 6.61 Å².